The molecule has 3 nitrogen and oxygen atoms in total. The third-order valence-corrected chi connectivity index (χ3v) is 2.64. The van der Waals surface area contributed by atoms with Gasteiger partial charge >= 0.3 is 5.97 Å². The van der Waals surface area contributed by atoms with Gasteiger partial charge in [0.1, 0.15) is 5.60 Å². The van der Waals surface area contributed by atoms with Gasteiger partial charge in [-0.1, -0.05) is 0 Å². The fourth-order valence-electron chi connectivity index (χ4n) is 1.85. The Morgan fingerprint density at radius 3 is 2.53 bits per heavy atom. The largest absolute Gasteiger partial charge is 0.460 e. The van der Waals surface area contributed by atoms with Gasteiger partial charge in [0.15, 0.2) is 0 Å². The predicted molar refractivity (Wildman–Crippen MR) is 60.7 cm³/mol. The Morgan fingerprint density at radius 1 is 1.40 bits per heavy atom. The van der Waals surface area contributed by atoms with Crippen LogP contribution in [0.5, 0.6) is 0 Å². The highest BCUT2D eigenvalue weighted by molar-refractivity contribution is 5.70. The van der Waals surface area contributed by atoms with E-state index in [0.717, 1.165) is 19.4 Å². The maximum absolute atomic E-state index is 11.6. The number of ether oxygens (including phenoxy) is 1. The minimum atomic E-state index is -0.355. The minimum absolute atomic E-state index is 0.0659. The molecule has 2 unspecified atom stereocenters. The van der Waals surface area contributed by atoms with Crippen molar-refractivity contribution in [3.63, 3.8) is 0 Å². The zero-order valence-corrected chi connectivity index (χ0v) is 10.3. The first-order valence-corrected chi connectivity index (χ1v) is 5.82. The van der Waals surface area contributed by atoms with Gasteiger partial charge in [0.25, 0.3) is 0 Å². The minimum Gasteiger partial charge on any atom is -0.460 e. The fraction of sp³-hybridized carbons (Fsp3) is 0.917. The highest BCUT2D eigenvalue weighted by atomic mass is 16.6. The summed E-state index contributed by atoms with van der Waals surface area (Å²) in [6.45, 7) is 8.86. The number of carbonyl (C=O) groups is 1. The van der Waals surface area contributed by atoms with Crippen LogP contribution in [0, 0.1) is 5.92 Å². The number of esters is 1. The highest BCUT2D eigenvalue weighted by Crippen LogP contribution is 2.19. The summed E-state index contributed by atoms with van der Waals surface area (Å²) in [6, 6.07) is 0.597. The summed E-state index contributed by atoms with van der Waals surface area (Å²) in [5, 5.41) is 3.39. The summed E-state index contributed by atoms with van der Waals surface area (Å²) in [5.41, 5.74) is -0.355. The molecule has 3 heteroatoms. The second kappa shape index (κ2) is 4.97. The third-order valence-electron chi connectivity index (χ3n) is 2.64. The van der Waals surface area contributed by atoms with Crippen LogP contribution in [0.15, 0.2) is 0 Å². The number of hydrogen-bond acceptors (Lipinski definition) is 3. The van der Waals surface area contributed by atoms with Crippen molar-refractivity contribution in [2.75, 3.05) is 6.54 Å². The highest BCUT2D eigenvalue weighted by Gasteiger charge is 2.23. The van der Waals surface area contributed by atoms with Crippen molar-refractivity contribution in [2.45, 2.75) is 58.6 Å². The van der Waals surface area contributed by atoms with E-state index in [1.54, 1.807) is 0 Å². The SMILES string of the molecule is CC1CCC(CC(=O)OC(C)(C)C)CN1. The fourth-order valence-corrected chi connectivity index (χ4v) is 1.85. The van der Waals surface area contributed by atoms with Crippen LogP contribution in [0.3, 0.4) is 0 Å². The van der Waals surface area contributed by atoms with Gasteiger partial charge in [-0.3, -0.25) is 4.79 Å². The predicted octanol–water partition coefficient (Wildman–Crippen LogP) is 2.11. The average Bonchev–Trinajstić information content (AvgIpc) is 2.05. The molecule has 15 heavy (non-hydrogen) atoms. The van der Waals surface area contributed by atoms with Crippen molar-refractivity contribution in [1.82, 2.24) is 5.32 Å². The number of nitrogens with one attached hydrogen (secondary N) is 1. The Morgan fingerprint density at radius 2 is 2.07 bits per heavy atom. The quantitative estimate of drug-likeness (QED) is 0.714. The summed E-state index contributed by atoms with van der Waals surface area (Å²) in [7, 11) is 0. The Hall–Kier alpha value is -0.570. The molecule has 0 aromatic carbocycles. The molecule has 1 N–H and O–H groups in total. The molecular weight excluding hydrogens is 190 g/mol. The topological polar surface area (TPSA) is 38.3 Å². The van der Waals surface area contributed by atoms with Gasteiger partial charge in [0.2, 0.25) is 0 Å². The van der Waals surface area contributed by atoms with Crippen LogP contribution < -0.4 is 5.32 Å². The molecule has 1 fully saturated rings. The van der Waals surface area contributed by atoms with Crippen LogP contribution in [-0.4, -0.2) is 24.2 Å². The zero-order valence-electron chi connectivity index (χ0n) is 10.3. The van der Waals surface area contributed by atoms with Crippen LogP contribution >= 0.6 is 0 Å². The van der Waals surface area contributed by atoms with E-state index < -0.39 is 0 Å². The molecule has 0 aromatic heterocycles. The lowest BCUT2D eigenvalue weighted by Crippen LogP contribution is -2.38. The van der Waals surface area contributed by atoms with E-state index in [-0.39, 0.29) is 11.6 Å². The molecule has 0 bridgehead atoms. The van der Waals surface area contributed by atoms with Crippen LogP contribution in [0.25, 0.3) is 0 Å². The van der Waals surface area contributed by atoms with E-state index in [4.69, 9.17) is 4.74 Å². The van der Waals surface area contributed by atoms with E-state index in [9.17, 15) is 4.79 Å². The number of piperidine rings is 1. The van der Waals surface area contributed by atoms with Gasteiger partial charge in [-0.05, 0) is 53.0 Å². The van der Waals surface area contributed by atoms with E-state index in [1.165, 1.54) is 0 Å². The maximum atomic E-state index is 11.6. The standard InChI is InChI=1S/C12H23NO2/c1-9-5-6-10(8-13-9)7-11(14)15-12(2,3)4/h9-10,13H,5-8H2,1-4H3. The molecule has 2 atom stereocenters. The van der Waals surface area contributed by atoms with Crippen molar-refractivity contribution < 1.29 is 9.53 Å². The molecule has 0 spiro atoms. The first-order chi connectivity index (χ1) is 6.87. The monoisotopic (exact) mass is 213 g/mol. The number of hydrogen-bond donors (Lipinski definition) is 1. The molecule has 1 aliphatic heterocycles. The first kappa shape index (κ1) is 12.5. The van der Waals surface area contributed by atoms with Gasteiger partial charge < -0.3 is 10.1 Å². The summed E-state index contributed by atoms with van der Waals surface area (Å²) in [5.74, 6) is 0.389. The lowest BCUT2D eigenvalue weighted by Gasteiger charge is -2.28. The molecule has 0 saturated carbocycles. The molecule has 1 saturated heterocycles. The second-order valence-electron chi connectivity index (χ2n) is 5.54. The van der Waals surface area contributed by atoms with Crippen molar-refractivity contribution in [3.05, 3.63) is 0 Å². The molecule has 1 heterocycles. The Bertz CT molecular complexity index is 212. The van der Waals surface area contributed by atoms with Gasteiger partial charge in [-0.15, -0.1) is 0 Å². The van der Waals surface area contributed by atoms with Gasteiger partial charge in [0.05, 0.1) is 0 Å². The summed E-state index contributed by atoms with van der Waals surface area (Å²) < 4.78 is 5.30. The van der Waals surface area contributed by atoms with E-state index >= 15 is 0 Å². The van der Waals surface area contributed by atoms with Gasteiger partial charge in [-0.25, -0.2) is 0 Å². The molecule has 0 amide bonds. The van der Waals surface area contributed by atoms with Crippen molar-refractivity contribution in [3.8, 4) is 0 Å². The third kappa shape index (κ3) is 5.17. The molecule has 0 aliphatic carbocycles. The Balaban J connectivity index is 2.27. The molecule has 88 valence electrons. The molecule has 1 rings (SSSR count). The second-order valence-corrected chi connectivity index (χ2v) is 5.54. The van der Waals surface area contributed by atoms with Crippen molar-refractivity contribution in [1.29, 1.82) is 0 Å². The Kier molecular flexibility index (Phi) is 4.14. The first-order valence-electron chi connectivity index (χ1n) is 5.82. The summed E-state index contributed by atoms with van der Waals surface area (Å²) >= 11 is 0. The van der Waals surface area contributed by atoms with E-state index in [2.05, 4.69) is 12.2 Å². The smallest absolute Gasteiger partial charge is 0.306 e. The lowest BCUT2D eigenvalue weighted by molar-refractivity contribution is -0.156. The molecular formula is C12H23NO2. The molecule has 0 aromatic rings. The van der Waals surface area contributed by atoms with Gasteiger partial charge in [-0.2, -0.15) is 0 Å². The van der Waals surface area contributed by atoms with Crippen molar-refractivity contribution in [2.24, 2.45) is 5.92 Å². The van der Waals surface area contributed by atoms with Gasteiger partial charge in [0, 0.05) is 12.5 Å². The zero-order chi connectivity index (χ0) is 11.5. The van der Waals surface area contributed by atoms with Crippen LogP contribution in [0.4, 0.5) is 0 Å². The average molecular weight is 213 g/mol. The van der Waals surface area contributed by atoms with E-state index in [0.29, 0.717) is 18.4 Å². The normalized spacial score (nSPS) is 27.5. The molecule has 0 radical (unpaired) electrons. The van der Waals surface area contributed by atoms with Crippen molar-refractivity contribution >= 4 is 5.97 Å². The Labute approximate surface area is 92.6 Å². The summed E-state index contributed by atoms with van der Waals surface area (Å²) in [6.07, 6.45) is 2.85. The number of carbonyl (C=O) groups excluding carboxylic acids is 1. The summed E-state index contributed by atoms with van der Waals surface area (Å²) in [4.78, 5) is 11.6. The maximum Gasteiger partial charge on any atom is 0.306 e. The van der Waals surface area contributed by atoms with E-state index in [1.807, 2.05) is 20.8 Å². The van der Waals surface area contributed by atoms with Crippen LogP contribution in [0.1, 0.15) is 47.0 Å². The lowest BCUT2D eigenvalue weighted by atomic mass is 9.93. The molecule has 1 aliphatic rings. The van der Waals surface area contributed by atoms with Crippen LogP contribution in [-0.2, 0) is 9.53 Å². The number of rotatable bonds is 2. The van der Waals surface area contributed by atoms with Crippen LogP contribution in [0.2, 0.25) is 0 Å².